The predicted octanol–water partition coefficient (Wildman–Crippen LogP) is 5.02. The van der Waals surface area contributed by atoms with Crippen molar-refractivity contribution in [3.63, 3.8) is 0 Å². The normalized spacial score (nSPS) is 18.2. The van der Waals surface area contributed by atoms with E-state index >= 15 is 0 Å². The fourth-order valence-electron chi connectivity index (χ4n) is 4.35. The Hall–Kier alpha value is -3.71. The SMILES string of the molecule is COc1ccc2cc([C@]3(C)NC(=O)N(CC(=O)c4sc5ccccc5c4C)C3=O)ccc2c1. The van der Waals surface area contributed by atoms with E-state index in [9.17, 15) is 14.4 Å². The third-order valence-corrected chi connectivity index (χ3v) is 7.61. The second-order valence-corrected chi connectivity index (χ2v) is 9.40. The van der Waals surface area contributed by atoms with Gasteiger partial charge in [0.25, 0.3) is 5.91 Å². The van der Waals surface area contributed by atoms with Crippen LogP contribution in [0.5, 0.6) is 5.75 Å². The van der Waals surface area contributed by atoms with Crippen molar-refractivity contribution < 1.29 is 19.1 Å². The van der Waals surface area contributed by atoms with Gasteiger partial charge in [0.1, 0.15) is 11.3 Å². The number of carbonyl (C=O) groups is 3. The number of aryl methyl sites for hydroxylation is 1. The van der Waals surface area contributed by atoms with Gasteiger partial charge in [-0.3, -0.25) is 14.5 Å². The van der Waals surface area contributed by atoms with Crippen molar-refractivity contribution in [3.8, 4) is 5.75 Å². The largest absolute Gasteiger partial charge is 0.497 e. The zero-order chi connectivity index (χ0) is 23.3. The van der Waals surface area contributed by atoms with Gasteiger partial charge in [-0.2, -0.15) is 0 Å². The number of hydrogen-bond donors (Lipinski definition) is 1. The van der Waals surface area contributed by atoms with Crippen LogP contribution in [0.2, 0.25) is 0 Å². The standard InChI is InChI=1S/C26H22N2O4S/c1-15-20-6-4-5-7-22(20)33-23(15)21(29)14-28-24(30)26(2,27-25(28)31)18-10-8-17-13-19(32-3)11-9-16(17)12-18/h4-13H,14H2,1-3H3,(H,27,31)/t26-/m0/s1. The second kappa shape index (κ2) is 7.71. The van der Waals surface area contributed by atoms with Crippen molar-refractivity contribution in [2.24, 2.45) is 0 Å². The number of nitrogens with zero attached hydrogens (tertiary/aromatic N) is 1. The number of nitrogens with one attached hydrogen (secondary N) is 1. The highest BCUT2D eigenvalue weighted by Gasteiger charge is 2.49. The van der Waals surface area contributed by atoms with Gasteiger partial charge in [0.15, 0.2) is 5.78 Å². The lowest BCUT2D eigenvalue weighted by Gasteiger charge is -2.22. The van der Waals surface area contributed by atoms with E-state index in [0.717, 1.165) is 37.1 Å². The first-order valence-electron chi connectivity index (χ1n) is 10.6. The zero-order valence-electron chi connectivity index (χ0n) is 18.5. The Morgan fingerprint density at radius 1 is 1.06 bits per heavy atom. The summed E-state index contributed by atoms with van der Waals surface area (Å²) in [5.74, 6) is 0.0625. The van der Waals surface area contributed by atoms with Crippen molar-refractivity contribution in [2.45, 2.75) is 19.4 Å². The monoisotopic (exact) mass is 458 g/mol. The summed E-state index contributed by atoms with van der Waals surface area (Å²) >= 11 is 1.39. The molecule has 1 saturated heterocycles. The third-order valence-electron chi connectivity index (χ3n) is 6.30. The zero-order valence-corrected chi connectivity index (χ0v) is 19.3. The van der Waals surface area contributed by atoms with Crippen molar-refractivity contribution in [1.82, 2.24) is 10.2 Å². The lowest BCUT2D eigenvalue weighted by Crippen LogP contribution is -2.41. The van der Waals surface area contributed by atoms with Crippen LogP contribution >= 0.6 is 11.3 Å². The molecule has 0 spiro atoms. The molecule has 5 rings (SSSR count). The Balaban J connectivity index is 1.44. The van der Waals surface area contributed by atoms with Crippen molar-refractivity contribution in [2.75, 3.05) is 13.7 Å². The number of urea groups is 1. The molecule has 1 aromatic heterocycles. The number of benzene rings is 3. The topological polar surface area (TPSA) is 75.7 Å². The van der Waals surface area contributed by atoms with Crippen molar-refractivity contribution in [3.05, 3.63) is 76.7 Å². The van der Waals surface area contributed by atoms with E-state index in [1.54, 1.807) is 14.0 Å². The van der Waals surface area contributed by atoms with Gasteiger partial charge < -0.3 is 10.1 Å². The number of Topliss-reactive ketones (excluding diaryl/α,β-unsaturated/α-hetero) is 1. The molecule has 1 fully saturated rings. The number of methoxy groups -OCH3 is 1. The maximum absolute atomic E-state index is 13.4. The van der Waals surface area contributed by atoms with E-state index in [-0.39, 0.29) is 12.3 Å². The maximum atomic E-state index is 13.4. The van der Waals surface area contributed by atoms with Crippen LogP contribution in [0.15, 0.2) is 60.7 Å². The van der Waals surface area contributed by atoms with Crippen LogP contribution in [-0.2, 0) is 10.3 Å². The third kappa shape index (κ3) is 3.36. The van der Waals surface area contributed by atoms with Crippen LogP contribution in [0.25, 0.3) is 20.9 Å². The van der Waals surface area contributed by atoms with Gasteiger partial charge in [-0.25, -0.2) is 4.79 Å². The number of fused-ring (bicyclic) bond motifs is 2. The molecule has 1 aliphatic heterocycles. The van der Waals surface area contributed by atoms with Gasteiger partial charge in [0.2, 0.25) is 0 Å². The molecular formula is C26H22N2O4S. The number of ether oxygens (including phenoxy) is 1. The number of amides is 3. The van der Waals surface area contributed by atoms with Gasteiger partial charge >= 0.3 is 6.03 Å². The molecule has 0 unspecified atom stereocenters. The average molecular weight is 459 g/mol. The molecule has 0 bridgehead atoms. The summed E-state index contributed by atoms with van der Waals surface area (Å²) in [6, 6.07) is 18.5. The fourth-order valence-corrected chi connectivity index (χ4v) is 5.49. The molecule has 2 heterocycles. The van der Waals surface area contributed by atoms with Crippen LogP contribution in [0.1, 0.15) is 27.7 Å². The van der Waals surface area contributed by atoms with Gasteiger partial charge in [0.05, 0.1) is 18.5 Å². The van der Waals surface area contributed by atoms with E-state index in [1.165, 1.54) is 11.3 Å². The minimum absolute atomic E-state index is 0.243. The number of thiophene rings is 1. The Kier molecular flexibility index (Phi) is 4.94. The molecule has 3 amide bonds. The summed E-state index contributed by atoms with van der Waals surface area (Å²) in [6.07, 6.45) is 0. The molecule has 1 aliphatic rings. The van der Waals surface area contributed by atoms with E-state index in [1.807, 2.05) is 67.6 Å². The fraction of sp³-hybridized carbons (Fsp3) is 0.192. The van der Waals surface area contributed by atoms with Crippen LogP contribution < -0.4 is 10.1 Å². The predicted molar refractivity (Wildman–Crippen MR) is 129 cm³/mol. The minimum atomic E-state index is -1.25. The molecule has 6 nitrogen and oxygen atoms in total. The minimum Gasteiger partial charge on any atom is -0.497 e. The first-order chi connectivity index (χ1) is 15.8. The van der Waals surface area contributed by atoms with E-state index < -0.39 is 17.5 Å². The van der Waals surface area contributed by atoms with Crippen LogP contribution in [0.3, 0.4) is 0 Å². The molecule has 7 heteroatoms. The van der Waals surface area contributed by atoms with Crippen LogP contribution in [0, 0.1) is 6.92 Å². The lowest BCUT2D eigenvalue weighted by atomic mass is 9.90. The number of carbonyl (C=O) groups excluding carboxylic acids is 3. The summed E-state index contributed by atoms with van der Waals surface area (Å²) in [6.45, 7) is 3.28. The summed E-state index contributed by atoms with van der Waals surface area (Å²) < 4.78 is 6.28. The first-order valence-corrected chi connectivity index (χ1v) is 11.4. The Bertz CT molecular complexity index is 1460. The molecule has 1 atom stereocenters. The maximum Gasteiger partial charge on any atom is 0.325 e. The second-order valence-electron chi connectivity index (χ2n) is 8.35. The van der Waals surface area contributed by atoms with Gasteiger partial charge in [-0.15, -0.1) is 11.3 Å². The summed E-state index contributed by atoms with van der Waals surface area (Å²) in [4.78, 5) is 40.8. The summed E-state index contributed by atoms with van der Waals surface area (Å²) in [5, 5.41) is 5.70. The Morgan fingerprint density at radius 3 is 2.55 bits per heavy atom. The number of imide groups is 1. The smallest absolute Gasteiger partial charge is 0.325 e. The van der Waals surface area contributed by atoms with Crippen LogP contribution in [-0.4, -0.2) is 36.3 Å². The van der Waals surface area contributed by atoms with E-state index in [2.05, 4.69) is 5.32 Å². The van der Waals surface area contributed by atoms with Crippen molar-refractivity contribution in [1.29, 1.82) is 0 Å². The van der Waals surface area contributed by atoms with Gasteiger partial charge in [-0.1, -0.05) is 36.4 Å². The quantitative estimate of drug-likeness (QED) is 0.337. The number of rotatable bonds is 5. The highest BCUT2D eigenvalue weighted by molar-refractivity contribution is 7.21. The van der Waals surface area contributed by atoms with Crippen molar-refractivity contribution >= 4 is 49.9 Å². The molecule has 3 aromatic carbocycles. The van der Waals surface area contributed by atoms with E-state index in [0.29, 0.717) is 10.4 Å². The summed E-state index contributed by atoms with van der Waals surface area (Å²) in [5.41, 5.74) is 0.285. The summed E-state index contributed by atoms with van der Waals surface area (Å²) in [7, 11) is 1.61. The number of ketones is 1. The lowest BCUT2D eigenvalue weighted by molar-refractivity contribution is -0.130. The Labute approximate surface area is 194 Å². The molecule has 0 saturated carbocycles. The molecule has 33 heavy (non-hydrogen) atoms. The Morgan fingerprint density at radius 2 is 1.79 bits per heavy atom. The average Bonchev–Trinajstić information content (AvgIpc) is 3.27. The highest BCUT2D eigenvalue weighted by Crippen LogP contribution is 2.34. The molecule has 0 aliphatic carbocycles. The number of hydrogen-bond acceptors (Lipinski definition) is 5. The van der Waals surface area contributed by atoms with Crippen LogP contribution in [0.4, 0.5) is 4.79 Å². The molecule has 4 aromatic rings. The molecule has 1 N–H and O–H groups in total. The molecule has 0 radical (unpaired) electrons. The first kappa shape index (κ1) is 21.2. The highest BCUT2D eigenvalue weighted by atomic mass is 32.1. The van der Waals surface area contributed by atoms with Gasteiger partial charge in [0, 0.05) is 4.70 Å². The van der Waals surface area contributed by atoms with E-state index in [4.69, 9.17) is 4.74 Å². The molecular weight excluding hydrogens is 436 g/mol. The van der Waals surface area contributed by atoms with Gasteiger partial charge in [-0.05, 0) is 65.4 Å². The molecule has 166 valence electrons.